The summed E-state index contributed by atoms with van der Waals surface area (Å²) in [4.78, 5) is 14.0. The van der Waals surface area contributed by atoms with Gasteiger partial charge in [-0.05, 0) is 60.1 Å². The van der Waals surface area contributed by atoms with Gasteiger partial charge in [-0.2, -0.15) is 5.10 Å². The molecular formula is C27H31FN4O3. The highest BCUT2D eigenvalue weighted by atomic mass is 19.1. The molecule has 1 unspecified atom stereocenters. The maximum absolute atomic E-state index is 13.2. The number of rotatable bonds is 6. The second-order valence-corrected chi connectivity index (χ2v) is 10.3. The van der Waals surface area contributed by atoms with Crippen LogP contribution in [0, 0.1) is 18.2 Å². The summed E-state index contributed by atoms with van der Waals surface area (Å²) < 4.78 is 21.2. The number of halogens is 1. The van der Waals surface area contributed by atoms with E-state index in [4.69, 9.17) is 9.84 Å². The Balaban J connectivity index is 1.44. The number of ether oxygens (including phenoxy) is 1. The third-order valence-electron chi connectivity index (χ3n) is 7.06. The van der Waals surface area contributed by atoms with Crippen LogP contribution in [0.2, 0.25) is 0 Å². The molecule has 184 valence electrons. The lowest BCUT2D eigenvalue weighted by Gasteiger charge is -2.39. The predicted octanol–water partition coefficient (Wildman–Crippen LogP) is 4.74. The fourth-order valence-electron chi connectivity index (χ4n) is 4.91. The maximum Gasteiger partial charge on any atom is 0.307 e. The monoisotopic (exact) mass is 478 g/mol. The molecule has 7 nitrogen and oxygen atoms in total. The number of benzene rings is 1. The van der Waals surface area contributed by atoms with Gasteiger partial charge >= 0.3 is 5.97 Å². The van der Waals surface area contributed by atoms with Crippen LogP contribution >= 0.6 is 0 Å². The summed E-state index contributed by atoms with van der Waals surface area (Å²) in [6, 6.07) is 8.37. The summed E-state index contributed by atoms with van der Waals surface area (Å²) in [6.07, 6.45) is 5.90. The normalized spacial score (nSPS) is 19.4. The van der Waals surface area contributed by atoms with Gasteiger partial charge in [0, 0.05) is 31.9 Å². The largest absolute Gasteiger partial charge is 0.481 e. The van der Waals surface area contributed by atoms with Gasteiger partial charge in [-0.15, -0.1) is 0 Å². The third-order valence-corrected chi connectivity index (χ3v) is 7.06. The van der Waals surface area contributed by atoms with Gasteiger partial charge in [0.05, 0.1) is 17.6 Å². The Bertz CT molecular complexity index is 1290. The van der Waals surface area contributed by atoms with E-state index in [-0.39, 0.29) is 17.7 Å². The van der Waals surface area contributed by atoms with Crippen molar-refractivity contribution < 1.29 is 19.0 Å². The predicted molar refractivity (Wildman–Crippen MR) is 132 cm³/mol. The zero-order valence-corrected chi connectivity index (χ0v) is 20.3. The number of carbonyl (C=O) groups is 1. The smallest absolute Gasteiger partial charge is 0.307 e. The summed E-state index contributed by atoms with van der Waals surface area (Å²) in [5, 5.41) is 17.6. The molecule has 3 aromatic rings. The number of pyridine rings is 1. The Hall–Kier alpha value is -3.55. The summed E-state index contributed by atoms with van der Waals surface area (Å²) >= 11 is 0. The van der Waals surface area contributed by atoms with Crippen LogP contribution in [0.1, 0.15) is 55.3 Å². The molecule has 5 rings (SSSR count). The number of aryl methyl sites for hydroxylation is 1. The van der Waals surface area contributed by atoms with Crippen molar-refractivity contribution in [3.63, 3.8) is 0 Å². The topological polar surface area (TPSA) is 79.1 Å². The number of fused-ring (bicyclic) bond motifs is 1. The van der Waals surface area contributed by atoms with Crippen molar-refractivity contribution in [2.75, 3.05) is 18.0 Å². The minimum Gasteiger partial charge on any atom is -0.481 e. The standard InChI is InChI=1S/C27H31FN4O3/c1-17-16-32-23(25(21(17)13-24(33)34)31-10-8-27(2,3)9-11-31)14-22(30-32)26-29-15-20(35-26)12-18-4-6-19(28)7-5-18/h4-7,14-16,26,29H,8-13H2,1-3H3,(H,33,34). The van der Waals surface area contributed by atoms with Crippen LogP contribution in [0.5, 0.6) is 0 Å². The van der Waals surface area contributed by atoms with Crippen LogP contribution in [0.4, 0.5) is 10.1 Å². The first-order valence-corrected chi connectivity index (χ1v) is 12.0. The molecule has 4 heterocycles. The Labute approximate surface area is 204 Å². The summed E-state index contributed by atoms with van der Waals surface area (Å²) in [7, 11) is 0. The summed E-state index contributed by atoms with van der Waals surface area (Å²) in [6.45, 7) is 8.26. The Morgan fingerprint density at radius 1 is 1.26 bits per heavy atom. The van der Waals surface area contributed by atoms with E-state index in [9.17, 15) is 14.3 Å². The number of aliphatic carboxylic acids is 1. The lowest BCUT2D eigenvalue weighted by molar-refractivity contribution is -0.136. The van der Waals surface area contributed by atoms with Gasteiger partial charge in [0.25, 0.3) is 0 Å². The van der Waals surface area contributed by atoms with E-state index < -0.39 is 12.2 Å². The fraction of sp³-hybridized carbons (Fsp3) is 0.407. The SMILES string of the molecule is Cc1cn2nc(C3NC=C(Cc4ccc(F)cc4)O3)cc2c(N2CCC(C)(C)CC2)c1CC(=O)O. The van der Waals surface area contributed by atoms with Gasteiger partial charge in [-0.3, -0.25) is 4.79 Å². The average Bonchev–Trinajstić information content (AvgIpc) is 3.43. The van der Waals surface area contributed by atoms with Crippen molar-refractivity contribution >= 4 is 17.2 Å². The highest BCUT2D eigenvalue weighted by molar-refractivity contribution is 5.83. The minimum atomic E-state index is -0.841. The number of nitrogens with one attached hydrogen (secondary N) is 1. The van der Waals surface area contributed by atoms with Gasteiger partial charge in [0.15, 0.2) is 0 Å². The first-order valence-electron chi connectivity index (χ1n) is 12.0. The van der Waals surface area contributed by atoms with Crippen LogP contribution in [-0.2, 0) is 22.4 Å². The van der Waals surface area contributed by atoms with Crippen LogP contribution < -0.4 is 10.2 Å². The number of hydrogen-bond acceptors (Lipinski definition) is 5. The molecule has 2 N–H and O–H groups in total. The number of aromatic nitrogens is 2. The molecule has 1 fully saturated rings. The van der Waals surface area contributed by atoms with Gasteiger partial charge in [-0.25, -0.2) is 8.91 Å². The van der Waals surface area contributed by atoms with E-state index in [1.165, 1.54) is 12.1 Å². The van der Waals surface area contributed by atoms with Crippen LogP contribution in [0.25, 0.3) is 5.52 Å². The van der Waals surface area contributed by atoms with Crippen LogP contribution in [0.15, 0.2) is 48.5 Å². The van der Waals surface area contributed by atoms with E-state index in [1.54, 1.807) is 12.1 Å². The lowest BCUT2D eigenvalue weighted by atomic mass is 9.82. The highest BCUT2D eigenvalue weighted by Gasteiger charge is 2.30. The van der Waals surface area contributed by atoms with E-state index in [0.29, 0.717) is 6.42 Å². The minimum absolute atomic E-state index is 0.0281. The summed E-state index contributed by atoms with van der Waals surface area (Å²) in [5.74, 6) is -0.354. The number of carboxylic acid groups (broad SMARTS) is 1. The molecule has 0 amide bonds. The second-order valence-electron chi connectivity index (χ2n) is 10.3. The van der Waals surface area contributed by atoms with Crippen LogP contribution in [-0.4, -0.2) is 33.8 Å². The van der Waals surface area contributed by atoms with E-state index in [1.807, 2.05) is 29.9 Å². The number of allylic oxidation sites excluding steroid dienone is 1. The molecule has 35 heavy (non-hydrogen) atoms. The quantitative estimate of drug-likeness (QED) is 0.533. The molecule has 2 aromatic heterocycles. The van der Waals surface area contributed by atoms with Gasteiger partial charge < -0.3 is 20.1 Å². The number of anilines is 1. The molecular weight excluding hydrogens is 447 g/mol. The number of piperidine rings is 1. The number of hydrogen-bond donors (Lipinski definition) is 2. The average molecular weight is 479 g/mol. The van der Waals surface area contributed by atoms with Gasteiger partial charge in [-0.1, -0.05) is 26.0 Å². The van der Waals surface area contributed by atoms with Crippen molar-refractivity contribution in [1.29, 1.82) is 0 Å². The molecule has 0 spiro atoms. The van der Waals surface area contributed by atoms with E-state index in [2.05, 4.69) is 24.1 Å². The molecule has 0 aliphatic carbocycles. The molecule has 1 aromatic carbocycles. The Kier molecular flexibility index (Phi) is 5.91. The first-order chi connectivity index (χ1) is 16.7. The van der Waals surface area contributed by atoms with Crippen molar-refractivity contribution in [1.82, 2.24) is 14.9 Å². The fourth-order valence-corrected chi connectivity index (χ4v) is 4.91. The van der Waals surface area contributed by atoms with Crippen molar-refractivity contribution in [2.45, 2.75) is 52.7 Å². The highest BCUT2D eigenvalue weighted by Crippen LogP contribution is 2.38. The maximum atomic E-state index is 13.2. The van der Waals surface area contributed by atoms with Gasteiger partial charge in [0.2, 0.25) is 6.23 Å². The zero-order chi connectivity index (χ0) is 24.7. The lowest BCUT2D eigenvalue weighted by Crippen LogP contribution is -2.38. The molecule has 0 bridgehead atoms. The zero-order valence-electron chi connectivity index (χ0n) is 20.3. The van der Waals surface area contributed by atoms with E-state index >= 15 is 0 Å². The molecule has 0 radical (unpaired) electrons. The second kappa shape index (κ2) is 8.91. The molecule has 0 saturated carbocycles. The van der Waals surface area contributed by atoms with E-state index in [0.717, 1.165) is 65.3 Å². The Morgan fingerprint density at radius 3 is 2.66 bits per heavy atom. The number of carboxylic acids is 1. The number of nitrogens with zero attached hydrogens (tertiary/aromatic N) is 3. The van der Waals surface area contributed by atoms with Crippen LogP contribution in [0.3, 0.4) is 0 Å². The third kappa shape index (κ3) is 4.83. The first kappa shape index (κ1) is 23.2. The van der Waals surface area contributed by atoms with Gasteiger partial charge in [0.1, 0.15) is 17.3 Å². The van der Waals surface area contributed by atoms with Crippen molar-refractivity contribution in [3.8, 4) is 0 Å². The van der Waals surface area contributed by atoms with Crippen molar-refractivity contribution in [3.05, 3.63) is 76.7 Å². The molecule has 1 atom stereocenters. The molecule has 1 saturated heterocycles. The summed E-state index contributed by atoms with van der Waals surface area (Å²) in [5.41, 5.74) is 5.55. The molecule has 8 heteroatoms. The Morgan fingerprint density at radius 2 is 1.97 bits per heavy atom. The molecule has 2 aliphatic rings. The van der Waals surface area contributed by atoms with Crippen molar-refractivity contribution in [2.24, 2.45) is 5.41 Å². The molecule has 2 aliphatic heterocycles.